The molecule has 2 N–H and O–H groups in total. The van der Waals surface area contributed by atoms with Crippen LogP contribution < -0.4 is 5.48 Å². The molecule has 44 valence electrons. The van der Waals surface area contributed by atoms with E-state index in [0.717, 1.165) is 4.88 Å². The average molecular weight is 130 g/mol. The highest BCUT2D eigenvalue weighted by Crippen LogP contribution is 2.02. The summed E-state index contributed by atoms with van der Waals surface area (Å²) in [6, 6.07) is 0. The molecular formula is C4H6N2OS. The van der Waals surface area contributed by atoms with Crippen LogP contribution in [0.15, 0.2) is 11.7 Å². The minimum Gasteiger partial charge on any atom is -0.316 e. The molecule has 0 amide bonds. The van der Waals surface area contributed by atoms with Gasteiger partial charge in [0.05, 0.1) is 12.1 Å². The Balaban J connectivity index is 2.50. The zero-order valence-corrected chi connectivity index (χ0v) is 4.98. The molecule has 0 radical (unpaired) electrons. The van der Waals surface area contributed by atoms with Crippen LogP contribution >= 0.6 is 11.3 Å². The van der Waals surface area contributed by atoms with Crippen molar-refractivity contribution in [3.63, 3.8) is 0 Å². The van der Waals surface area contributed by atoms with Gasteiger partial charge in [-0.05, 0) is 0 Å². The van der Waals surface area contributed by atoms with Crippen molar-refractivity contribution in [2.45, 2.75) is 6.54 Å². The maximum absolute atomic E-state index is 8.17. The van der Waals surface area contributed by atoms with E-state index in [-0.39, 0.29) is 0 Å². The lowest BCUT2D eigenvalue weighted by atomic mass is 10.6. The van der Waals surface area contributed by atoms with Gasteiger partial charge >= 0.3 is 0 Å². The molecule has 0 atom stereocenters. The molecule has 0 unspecified atom stereocenters. The molecule has 8 heavy (non-hydrogen) atoms. The van der Waals surface area contributed by atoms with Gasteiger partial charge in [-0.15, -0.1) is 11.3 Å². The standard InChI is InChI=1S/C4H6N2OS/c7-6-2-4-1-5-3-8-4/h1,3,6-7H,2H2. The van der Waals surface area contributed by atoms with E-state index in [1.165, 1.54) is 11.3 Å². The highest BCUT2D eigenvalue weighted by Gasteiger charge is 1.88. The molecule has 1 heterocycles. The summed E-state index contributed by atoms with van der Waals surface area (Å²) in [5, 5.41) is 8.17. The van der Waals surface area contributed by atoms with Gasteiger partial charge < -0.3 is 5.21 Å². The minimum absolute atomic E-state index is 0.491. The predicted octanol–water partition coefficient (Wildman–Crippen LogP) is 0.622. The van der Waals surface area contributed by atoms with Crippen molar-refractivity contribution in [2.75, 3.05) is 0 Å². The van der Waals surface area contributed by atoms with Gasteiger partial charge in [0.2, 0.25) is 0 Å². The smallest absolute Gasteiger partial charge is 0.0794 e. The molecule has 1 rings (SSSR count). The summed E-state index contributed by atoms with van der Waals surface area (Å²) >= 11 is 1.51. The van der Waals surface area contributed by atoms with Crippen LogP contribution in [0.4, 0.5) is 0 Å². The van der Waals surface area contributed by atoms with E-state index < -0.39 is 0 Å². The minimum atomic E-state index is 0.491. The summed E-state index contributed by atoms with van der Waals surface area (Å²) in [5.74, 6) is 0. The highest BCUT2D eigenvalue weighted by molar-refractivity contribution is 7.09. The number of nitrogens with one attached hydrogen (secondary N) is 1. The summed E-state index contributed by atoms with van der Waals surface area (Å²) in [7, 11) is 0. The van der Waals surface area contributed by atoms with Crippen molar-refractivity contribution in [3.05, 3.63) is 16.6 Å². The molecule has 0 saturated heterocycles. The fourth-order valence-electron chi connectivity index (χ4n) is 0.407. The molecule has 4 heteroatoms. The number of aromatic nitrogens is 1. The van der Waals surface area contributed by atoms with Crippen molar-refractivity contribution in [2.24, 2.45) is 0 Å². The van der Waals surface area contributed by atoms with E-state index in [0.29, 0.717) is 6.54 Å². The van der Waals surface area contributed by atoms with Crippen LogP contribution in [0.3, 0.4) is 0 Å². The van der Waals surface area contributed by atoms with Gasteiger partial charge in [0.1, 0.15) is 0 Å². The second kappa shape index (κ2) is 2.76. The van der Waals surface area contributed by atoms with E-state index in [4.69, 9.17) is 5.21 Å². The Morgan fingerprint density at radius 3 is 3.25 bits per heavy atom. The number of hydrogen-bond donors (Lipinski definition) is 2. The predicted molar refractivity (Wildman–Crippen MR) is 30.7 cm³/mol. The molecule has 0 aromatic carbocycles. The first-order valence-electron chi connectivity index (χ1n) is 2.18. The molecule has 0 spiro atoms. The molecule has 0 aliphatic carbocycles. The fourth-order valence-corrected chi connectivity index (χ4v) is 0.934. The molecule has 0 fully saturated rings. The maximum Gasteiger partial charge on any atom is 0.0794 e. The summed E-state index contributed by atoms with van der Waals surface area (Å²) < 4.78 is 0. The summed E-state index contributed by atoms with van der Waals surface area (Å²) in [6.45, 7) is 0.491. The fraction of sp³-hybridized carbons (Fsp3) is 0.250. The SMILES string of the molecule is ONCc1cncs1. The first-order chi connectivity index (χ1) is 3.93. The van der Waals surface area contributed by atoms with Gasteiger partial charge in [-0.3, -0.25) is 4.98 Å². The number of rotatable bonds is 2. The van der Waals surface area contributed by atoms with Gasteiger partial charge in [0, 0.05) is 11.1 Å². The number of nitrogens with zero attached hydrogens (tertiary/aromatic N) is 1. The van der Waals surface area contributed by atoms with Crippen LogP contribution in [-0.2, 0) is 6.54 Å². The molecule has 1 aromatic heterocycles. The zero-order chi connectivity index (χ0) is 5.82. The van der Waals surface area contributed by atoms with Crippen molar-refractivity contribution in [1.82, 2.24) is 10.5 Å². The van der Waals surface area contributed by atoms with Gasteiger partial charge in [-0.25, -0.2) is 5.48 Å². The van der Waals surface area contributed by atoms with Crippen LogP contribution in [-0.4, -0.2) is 10.2 Å². The highest BCUT2D eigenvalue weighted by atomic mass is 32.1. The number of hydrogen-bond acceptors (Lipinski definition) is 4. The van der Waals surface area contributed by atoms with Gasteiger partial charge in [0.15, 0.2) is 0 Å². The second-order valence-corrected chi connectivity index (χ2v) is 2.27. The Kier molecular flexibility index (Phi) is 1.96. The van der Waals surface area contributed by atoms with Crippen LogP contribution in [0.5, 0.6) is 0 Å². The largest absolute Gasteiger partial charge is 0.316 e. The van der Waals surface area contributed by atoms with E-state index in [9.17, 15) is 0 Å². The molecular weight excluding hydrogens is 124 g/mol. The first-order valence-corrected chi connectivity index (χ1v) is 3.06. The van der Waals surface area contributed by atoms with Crippen molar-refractivity contribution in [1.29, 1.82) is 0 Å². The third-order valence-corrected chi connectivity index (χ3v) is 1.52. The lowest BCUT2D eigenvalue weighted by Crippen LogP contribution is -2.03. The van der Waals surface area contributed by atoms with Gasteiger partial charge in [-0.2, -0.15) is 0 Å². The van der Waals surface area contributed by atoms with Crippen molar-refractivity contribution >= 4 is 11.3 Å². The van der Waals surface area contributed by atoms with Crippen LogP contribution in [0.1, 0.15) is 4.88 Å². The maximum atomic E-state index is 8.17. The van der Waals surface area contributed by atoms with E-state index in [1.807, 2.05) is 5.48 Å². The van der Waals surface area contributed by atoms with Crippen LogP contribution in [0, 0.1) is 0 Å². The van der Waals surface area contributed by atoms with Crippen molar-refractivity contribution in [3.8, 4) is 0 Å². The Morgan fingerprint density at radius 2 is 2.75 bits per heavy atom. The lowest BCUT2D eigenvalue weighted by molar-refractivity contribution is 0.162. The molecule has 0 aliphatic heterocycles. The second-order valence-electron chi connectivity index (χ2n) is 1.30. The average Bonchev–Trinajstić information content (AvgIpc) is 2.19. The van der Waals surface area contributed by atoms with E-state index in [2.05, 4.69) is 4.98 Å². The van der Waals surface area contributed by atoms with Gasteiger partial charge in [-0.1, -0.05) is 0 Å². The molecule has 0 saturated carbocycles. The third-order valence-electron chi connectivity index (χ3n) is 0.737. The third kappa shape index (κ3) is 1.26. The zero-order valence-electron chi connectivity index (χ0n) is 4.16. The molecule has 0 bridgehead atoms. The van der Waals surface area contributed by atoms with Crippen molar-refractivity contribution < 1.29 is 5.21 Å². The summed E-state index contributed by atoms with van der Waals surface area (Å²) in [4.78, 5) is 4.84. The Labute approximate surface area is 51.0 Å². The summed E-state index contributed by atoms with van der Waals surface area (Å²) in [6.07, 6.45) is 1.72. The van der Waals surface area contributed by atoms with E-state index in [1.54, 1.807) is 11.7 Å². The Morgan fingerprint density at radius 1 is 1.88 bits per heavy atom. The molecule has 1 aromatic rings. The molecule has 3 nitrogen and oxygen atoms in total. The normalized spacial score (nSPS) is 9.62. The van der Waals surface area contributed by atoms with Crippen LogP contribution in [0.2, 0.25) is 0 Å². The summed E-state index contributed by atoms with van der Waals surface area (Å²) in [5.41, 5.74) is 3.77. The van der Waals surface area contributed by atoms with Gasteiger partial charge in [0.25, 0.3) is 0 Å². The topological polar surface area (TPSA) is 45.1 Å². The monoisotopic (exact) mass is 130 g/mol. The number of thiazole rings is 1. The quantitative estimate of drug-likeness (QED) is 0.577. The molecule has 0 aliphatic rings. The Bertz CT molecular complexity index is 140. The van der Waals surface area contributed by atoms with Crippen LogP contribution in [0.25, 0.3) is 0 Å². The Hall–Kier alpha value is -0.450. The van der Waals surface area contributed by atoms with E-state index >= 15 is 0 Å². The number of hydroxylamine groups is 1. The first kappa shape index (κ1) is 5.68. The lowest BCUT2D eigenvalue weighted by Gasteiger charge is -1.87.